The van der Waals surface area contributed by atoms with Crippen molar-refractivity contribution in [3.63, 3.8) is 0 Å². The molecule has 0 fully saturated rings. The highest BCUT2D eigenvalue weighted by atomic mass is 35.5. The molecule has 0 unspecified atom stereocenters. The van der Waals surface area contributed by atoms with Crippen molar-refractivity contribution in [2.24, 2.45) is 0 Å². The van der Waals surface area contributed by atoms with Crippen molar-refractivity contribution in [1.29, 1.82) is 0 Å². The SMILES string of the molecule is CC(C)(C)OC(=O)c1cc(Cl)cc(O)c1N. The van der Waals surface area contributed by atoms with E-state index in [2.05, 4.69) is 0 Å². The van der Waals surface area contributed by atoms with Crippen LogP contribution in [-0.4, -0.2) is 16.7 Å². The molecule has 0 aliphatic carbocycles. The fraction of sp³-hybridized carbons (Fsp3) is 0.364. The van der Waals surface area contributed by atoms with Gasteiger partial charge in [0, 0.05) is 11.1 Å². The number of ether oxygens (including phenoxy) is 1. The first-order valence-corrected chi connectivity index (χ1v) is 5.10. The average molecular weight is 244 g/mol. The van der Waals surface area contributed by atoms with Crippen molar-refractivity contribution in [2.45, 2.75) is 26.4 Å². The van der Waals surface area contributed by atoms with Gasteiger partial charge in [0.15, 0.2) is 0 Å². The molecule has 0 aliphatic heterocycles. The van der Waals surface area contributed by atoms with E-state index in [1.807, 2.05) is 0 Å². The molecule has 0 saturated heterocycles. The fourth-order valence-corrected chi connectivity index (χ4v) is 1.32. The van der Waals surface area contributed by atoms with Crippen LogP contribution in [0, 0.1) is 0 Å². The first kappa shape index (κ1) is 12.6. The van der Waals surface area contributed by atoms with Crippen molar-refractivity contribution in [1.82, 2.24) is 0 Å². The molecule has 0 amide bonds. The van der Waals surface area contributed by atoms with Crippen LogP contribution < -0.4 is 5.73 Å². The number of halogens is 1. The Kier molecular flexibility index (Phi) is 3.33. The predicted molar refractivity (Wildman–Crippen MR) is 62.7 cm³/mol. The number of carbonyl (C=O) groups excluding carboxylic acids is 1. The molecule has 0 heterocycles. The topological polar surface area (TPSA) is 72.5 Å². The van der Waals surface area contributed by atoms with Crippen LogP contribution in [0.25, 0.3) is 0 Å². The van der Waals surface area contributed by atoms with E-state index in [0.717, 1.165) is 0 Å². The Bertz CT molecular complexity index is 424. The molecule has 4 nitrogen and oxygen atoms in total. The summed E-state index contributed by atoms with van der Waals surface area (Å²) in [6.45, 7) is 5.22. The van der Waals surface area contributed by atoms with E-state index in [1.54, 1.807) is 20.8 Å². The number of phenols is 1. The van der Waals surface area contributed by atoms with E-state index in [0.29, 0.717) is 0 Å². The van der Waals surface area contributed by atoms with Crippen molar-refractivity contribution >= 4 is 23.3 Å². The molecule has 0 atom stereocenters. The molecule has 1 aromatic rings. The maximum atomic E-state index is 11.7. The Morgan fingerprint density at radius 1 is 1.44 bits per heavy atom. The second-order valence-corrected chi connectivity index (χ2v) is 4.82. The number of nitrogen functional groups attached to an aromatic ring is 1. The molecule has 0 saturated carbocycles. The van der Waals surface area contributed by atoms with Gasteiger partial charge in [-0.3, -0.25) is 0 Å². The van der Waals surface area contributed by atoms with Crippen LogP contribution in [0.2, 0.25) is 5.02 Å². The normalized spacial score (nSPS) is 11.2. The van der Waals surface area contributed by atoms with E-state index in [4.69, 9.17) is 22.1 Å². The number of nitrogens with two attached hydrogens (primary N) is 1. The summed E-state index contributed by atoms with van der Waals surface area (Å²) < 4.78 is 5.13. The maximum absolute atomic E-state index is 11.7. The van der Waals surface area contributed by atoms with Crippen molar-refractivity contribution in [3.8, 4) is 5.75 Å². The van der Waals surface area contributed by atoms with Crippen LogP contribution in [0.1, 0.15) is 31.1 Å². The number of aromatic hydroxyl groups is 1. The van der Waals surface area contributed by atoms with Gasteiger partial charge in [-0.25, -0.2) is 4.79 Å². The van der Waals surface area contributed by atoms with Crippen molar-refractivity contribution in [3.05, 3.63) is 22.7 Å². The summed E-state index contributed by atoms with van der Waals surface area (Å²) in [5.41, 5.74) is 4.98. The summed E-state index contributed by atoms with van der Waals surface area (Å²) in [5, 5.41) is 9.64. The maximum Gasteiger partial charge on any atom is 0.340 e. The molecule has 0 spiro atoms. The van der Waals surface area contributed by atoms with Gasteiger partial charge in [0.1, 0.15) is 11.4 Å². The Labute approximate surface area is 99.0 Å². The first-order valence-electron chi connectivity index (χ1n) is 4.72. The molecule has 3 N–H and O–H groups in total. The summed E-state index contributed by atoms with van der Waals surface area (Å²) in [6.07, 6.45) is 0. The van der Waals surface area contributed by atoms with Gasteiger partial charge in [-0.2, -0.15) is 0 Å². The second kappa shape index (κ2) is 4.22. The van der Waals surface area contributed by atoms with Crippen LogP contribution in [-0.2, 0) is 4.74 Å². The third kappa shape index (κ3) is 3.03. The zero-order valence-corrected chi connectivity index (χ0v) is 10.1. The minimum atomic E-state index is -0.624. The molecule has 0 bridgehead atoms. The van der Waals surface area contributed by atoms with Gasteiger partial charge in [0.05, 0.1) is 11.3 Å². The Hall–Kier alpha value is -1.42. The van der Waals surface area contributed by atoms with Gasteiger partial charge in [-0.1, -0.05) is 11.6 Å². The van der Waals surface area contributed by atoms with Gasteiger partial charge in [-0.15, -0.1) is 0 Å². The van der Waals surface area contributed by atoms with Crippen LogP contribution in [0.15, 0.2) is 12.1 Å². The van der Waals surface area contributed by atoms with Crippen LogP contribution in [0.5, 0.6) is 5.75 Å². The Morgan fingerprint density at radius 3 is 2.50 bits per heavy atom. The highest BCUT2D eigenvalue weighted by molar-refractivity contribution is 6.31. The minimum Gasteiger partial charge on any atom is -0.506 e. The minimum absolute atomic E-state index is 0.0290. The highest BCUT2D eigenvalue weighted by Crippen LogP contribution is 2.29. The number of rotatable bonds is 1. The predicted octanol–water partition coefficient (Wildman–Crippen LogP) is 2.58. The molecule has 1 aromatic carbocycles. The lowest BCUT2D eigenvalue weighted by Crippen LogP contribution is -2.24. The van der Waals surface area contributed by atoms with Gasteiger partial charge in [0.25, 0.3) is 0 Å². The molecule has 0 aliphatic rings. The lowest BCUT2D eigenvalue weighted by atomic mass is 10.1. The van der Waals surface area contributed by atoms with Gasteiger partial charge in [0.2, 0.25) is 0 Å². The van der Waals surface area contributed by atoms with E-state index < -0.39 is 11.6 Å². The quantitative estimate of drug-likeness (QED) is 0.452. The van der Waals surface area contributed by atoms with Crippen molar-refractivity contribution < 1.29 is 14.6 Å². The number of hydrogen-bond donors (Lipinski definition) is 2. The van der Waals surface area contributed by atoms with Crippen LogP contribution in [0.4, 0.5) is 5.69 Å². The summed E-state index contributed by atoms with van der Waals surface area (Å²) in [7, 11) is 0. The number of phenolic OH excluding ortho intramolecular Hbond substituents is 1. The molecule has 1 rings (SSSR count). The first-order chi connectivity index (χ1) is 7.20. The largest absolute Gasteiger partial charge is 0.506 e. The lowest BCUT2D eigenvalue weighted by molar-refractivity contribution is 0.00705. The standard InChI is InChI=1S/C11H14ClNO3/c1-11(2,3)16-10(15)7-4-6(12)5-8(14)9(7)13/h4-5,14H,13H2,1-3H3. The smallest absolute Gasteiger partial charge is 0.340 e. The van der Waals surface area contributed by atoms with E-state index >= 15 is 0 Å². The molecular weight excluding hydrogens is 230 g/mol. The van der Waals surface area contributed by atoms with E-state index in [9.17, 15) is 9.90 Å². The third-order valence-electron chi connectivity index (χ3n) is 1.74. The highest BCUT2D eigenvalue weighted by Gasteiger charge is 2.21. The molecule has 16 heavy (non-hydrogen) atoms. The molecule has 88 valence electrons. The van der Waals surface area contributed by atoms with Gasteiger partial charge in [-0.05, 0) is 26.8 Å². The summed E-state index contributed by atoms with van der Waals surface area (Å²) in [5.74, 6) is -0.837. The zero-order chi connectivity index (χ0) is 12.5. The third-order valence-corrected chi connectivity index (χ3v) is 1.96. The average Bonchev–Trinajstić information content (AvgIpc) is 2.08. The Morgan fingerprint density at radius 2 is 2.00 bits per heavy atom. The monoisotopic (exact) mass is 243 g/mol. The van der Waals surface area contributed by atoms with Gasteiger partial charge >= 0.3 is 5.97 Å². The second-order valence-electron chi connectivity index (χ2n) is 4.39. The number of anilines is 1. The Balaban J connectivity index is 3.09. The van der Waals surface area contributed by atoms with E-state index in [-0.39, 0.29) is 22.0 Å². The molecule has 0 radical (unpaired) electrons. The number of carbonyl (C=O) groups is 1. The molecule has 5 heteroatoms. The van der Waals surface area contributed by atoms with Crippen LogP contribution in [0.3, 0.4) is 0 Å². The van der Waals surface area contributed by atoms with Crippen LogP contribution >= 0.6 is 11.6 Å². The lowest BCUT2D eigenvalue weighted by Gasteiger charge is -2.20. The summed E-state index contributed by atoms with van der Waals surface area (Å²) in [6, 6.07) is 2.63. The number of esters is 1. The summed E-state index contributed by atoms with van der Waals surface area (Å²) in [4.78, 5) is 11.7. The molecule has 0 aromatic heterocycles. The van der Waals surface area contributed by atoms with Gasteiger partial charge < -0.3 is 15.6 Å². The number of benzene rings is 1. The number of hydrogen-bond acceptors (Lipinski definition) is 4. The zero-order valence-electron chi connectivity index (χ0n) is 9.37. The van der Waals surface area contributed by atoms with E-state index in [1.165, 1.54) is 12.1 Å². The summed E-state index contributed by atoms with van der Waals surface area (Å²) >= 11 is 5.71. The fourth-order valence-electron chi connectivity index (χ4n) is 1.11. The molecular formula is C11H14ClNO3. The van der Waals surface area contributed by atoms with Crippen molar-refractivity contribution in [2.75, 3.05) is 5.73 Å².